The molecule has 0 aliphatic carbocycles. The van der Waals surface area contributed by atoms with Gasteiger partial charge in [0.25, 0.3) is 0 Å². The maximum atomic E-state index is 12.0. The second kappa shape index (κ2) is 2.52. The molecule has 75 valence electrons. The summed E-state index contributed by atoms with van der Waals surface area (Å²) in [4.78, 5) is 8.51. The van der Waals surface area contributed by atoms with E-state index in [9.17, 15) is 5.21 Å². The topological polar surface area (TPSA) is 48.9 Å². The van der Waals surface area contributed by atoms with E-state index in [2.05, 4.69) is 9.97 Å². The number of nitrogens with zero attached hydrogens (tertiary/aromatic N) is 3. The highest BCUT2D eigenvalue weighted by molar-refractivity contribution is 5.31. The molecule has 0 amide bonds. The summed E-state index contributed by atoms with van der Waals surface area (Å²) in [5.41, 5.74) is 0.431. The van der Waals surface area contributed by atoms with Crippen molar-refractivity contribution < 1.29 is 5.21 Å². The van der Waals surface area contributed by atoms with Crippen LogP contribution in [0.4, 0.5) is 0 Å². The van der Waals surface area contributed by atoms with Crippen molar-refractivity contribution in [3.05, 3.63) is 23.8 Å². The molecule has 0 N–H and O–H groups in total. The van der Waals surface area contributed by atoms with E-state index >= 15 is 0 Å². The number of hydrogen-bond acceptors (Lipinski definition) is 3. The molecule has 2 rings (SSSR count). The fourth-order valence-electron chi connectivity index (χ4n) is 2.12. The van der Waals surface area contributed by atoms with E-state index < -0.39 is 11.1 Å². The molecule has 0 bridgehead atoms. The van der Waals surface area contributed by atoms with E-state index in [0.717, 1.165) is 16.5 Å². The first-order valence-electron chi connectivity index (χ1n) is 4.68. The van der Waals surface area contributed by atoms with Gasteiger partial charge in [-0.05, 0) is 27.7 Å². The van der Waals surface area contributed by atoms with Crippen LogP contribution in [0.1, 0.15) is 39.1 Å². The van der Waals surface area contributed by atoms with E-state index in [1.165, 1.54) is 0 Å². The maximum Gasteiger partial charge on any atom is 0.0886 e. The van der Waals surface area contributed by atoms with Gasteiger partial charge in [-0.2, -0.15) is 0 Å². The monoisotopic (exact) mass is 192 g/mol. The van der Waals surface area contributed by atoms with Crippen LogP contribution in [0.2, 0.25) is 0 Å². The lowest BCUT2D eigenvalue weighted by Crippen LogP contribution is -2.41. The average molecular weight is 192 g/mol. The fraction of sp³-hybridized carbons (Fsp3) is 0.600. The lowest BCUT2D eigenvalue weighted by Gasteiger charge is -2.31. The van der Waals surface area contributed by atoms with E-state index in [1.54, 1.807) is 12.4 Å². The van der Waals surface area contributed by atoms with Gasteiger partial charge in [0.2, 0.25) is 0 Å². The summed E-state index contributed by atoms with van der Waals surface area (Å²) in [5.74, 6) is 0. The number of rotatable bonds is 0. The van der Waals surface area contributed by atoms with Gasteiger partial charge in [0.15, 0.2) is 0 Å². The molecule has 14 heavy (non-hydrogen) atoms. The number of hydroxylamine groups is 2. The third kappa shape index (κ3) is 0.952. The fourth-order valence-corrected chi connectivity index (χ4v) is 2.12. The average Bonchev–Trinajstić information content (AvgIpc) is 2.28. The molecule has 0 fully saturated rings. The van der Waals surface area contributed by atoms with Crippen LogP contribution in [0.3, 0.4) is 0 Å². The highest BCUT2D eigenvalue weighted by atomic mass is 16.5. The molecule has 0 saturated carbocycles. The smallest absolute Gasteiger partial charge is 0.0886 e. The highest BCUT2D eigenvalue weighted by Gasteiger charge is 2.52. The predicted octanol–water partition coefficient (Wildman–Crippen LogP) is 1.61. The summed E-state index contributed by atoms with van der Waals surface area (Å²) in [6.07, 6.45) is 3.27. The van der Waals surface area contributed by atoms with Crippen molar-refractivity contribution in [1.29, 1.82) is 0 Å². The van der Waals surface area contributed by atoms with Crippen LogP contribution in [0.5, 0.6) is 0 Å². The Labute approximate surface area is 83.6 Å². The van der Waals surface area contributed by atoms with Crippen LogP contribution < -0.4 is 0 Å². The number of fused-ring (bicyclic) bond motifs is 1. The normalized spacial score (nSPS) is 23.5. The van der Waals surface area contributed by atoms with Crippen molar-refractivity contribution in [2.75, 3.05) is 0 Å². The molecule has 1 aromatic heterocycles. The molecule has 1 aliphatic rings. The molecule has 2 heterocycles. The second-order valence-electron chi connectivity index (χ2n) is 4.67. The summed E-state index contributed by atoms with van der Waals surface area (Å²) in [6, 6.07) is 0. The molecule has 0 aromatic carbocycles. The van der Waals surface area contributed by atoms with Crippen molar-refractivity contribution >= 4 is 0 Å². The Balaban J connectivity index is 2.70. The lowest BCUT2D eigenvalue weighted by molar-refractivity contribution is -0.267. The van der Waals surface area contributed by atoms with Crippen LogP contribution in [0.15, 0.2) is 12.4 Å². The molecule has 1 aromatic rings. The second-order valence-corrected chi connectivity index (χ2v) is 4.67. The van der Waals surface area contributed by atoms with Gasteiger partial charge in [-0.3, -0.25) is 9.97 Å². The largest absolute Gasteiger partial charge is 0.256 e. The van der Waals surface area contributed by atoms with Gasteiger partial charge in [0, 0.05) is 12.4 Å². The Bertz CT molecular complexity index is 338. The molecule has 0 unspecified atom stereocenters. The molecule has 4 heteroatoms. The van der Waals surface area contributed by atoms with Crippen molar-refractivity contribution in [3.63, 3.8) is 0 Å². The highest BCUT2D eigenvalue weighted by Crippen LogP contribution is 2.45. The summed E-state index contributed by atoms with van der Waals surface area (Å²) in [7, 11) is 0. The third-order valence-electron chi connectivity index (χ3n) is 2.87. The van der Waals surface area contributed by atoms with E-state index in [4.69, 9.17) is 0 Å². The molecule has 0 atom stereocenters. The van der Waals surface area contributed by atoms with Gasteiger partial charge < -0.3 is 0 Å². The Hall–Kier alpha value is -1.00. The van der Waals surface area contributed by atoms with Crippen molar-refractivity contribution in [2.24, 2.45) is 0 Å². The van der Waals surface area contributed by atoms with Crippen LogP contribution in [0, 0.1) is 0 Å². The molecular formula is C10H14N3O. The Morgan fingerprint density at radius 1 is 1.00 bits per heavy atom. The summed E-state index contributed by atoms with van der Waals surface area (Å²) >= 11 is 0. The summed E-state index contributed by atoms with van der Waals surface area (Å²) in [6.45, 7) is 7.51. The lowest BCUT2D eigenvalue weighted by atomic mass is 10.0. The van der Waals surface area contributed by atoms with Crippen LogP contribution in [-0.4, -0.2) is 15.0 Å². The SMILES string of the molecule is CC1(C)c2nccnc2C(C)(C)N1[O]. The van der Waals surface area contributed by atoms with Crippen molar-refractivity contribution in [3.8, 4) is 0 Å². The quantitative estimate of drug-likeness (QED) is 0.627. The van der Waals surface area contributed by atoms with Crippen molar-refractivity contribution in [2.45, 2.75) is 38.8 Å². The summed E-state index contributed by atoms with van der Waals surface area (Å²) < 4.78 is 0. The van der Waals surface area contributed by atoms with Crippen molar-refractivity contribution in [1.82, 2.24) is 15.0 Å². The van der Waals surface area contributed by atoms with Gasteiger partial charge in [0.05, 0.1) is 22.5 Å². The van der Waals surface area contributed by atoms with Gasteiger partial charge >= 0.3 is 0 Å². The Morgan fingerprint density at radius 2 is 1.36 bits per heavy atom. The molecule has 0 saturated heterocycles. The zero-order valence-electron chi connectivity index (χ0n) is 8.90. The van der Waals surface area contributed by atoms with E-state index in [0.29, 0.717) is 0 Å². The Morgan fingerprint density at radius 3 is 1.71 bits per heavy atom. The van der Waals surface area contributed by atoms with Gasteiger partial charge in [0.1, 0.15) is 0 Å². The minimum atomic E-state index is -0.576. The first-order valence-corrected chi connectivity index (χ1v) is 4.68. The van der Waals surface area contributed by atoms with Gasteiger partial charge in [-0.1, -0.05) is 0 Å². The molecule has 0 spiro atoms. The van der Waals surface area contributed by atoms with Crippen LogP contribution in [0.25, 0.3) is 0 Å². The van der Waals surface area contributed by atoms with Gasteiger partial charge in [-0.15, -0.1) is 10.3 Å². The minimum absolute atomic E-state index is 0.576. The first-order chi connectivity index (χ1) is 6.38. The van der Waals surface area contributed by atoms with Crippen LogP contribution in [-0.2, 0) is 16.3 Å². The zero-order valence-corrected chi connectivity index (χ0v) is 8.90. The van der Waals surface area contributed by atoms with Gasteiger partial charge in [-0.25, -0.2) is 0 Å². The zero-order chi connectivity index (χ0) is 10.6. The molecule has 1 radical (unpaired) electrons. The van der Waals surface area contributed by atoms with E-state index in [1.807, 2.05) is 27.7 Å². The molecule has 4 nitrogen and oxygen atoms in total. The predicted molar refractivity (Wildman–Crippen MR) is 50.6 cm³/mol. The standard InChI is InChI=1S/C10H14N3O/c1-9(2)7-8(12-6-5-11-7)10(3,4)13(9)14/h5-6H,1-4H3. The minimum Gasteiger partial charge on any atom is -0.256 e. The van der Waals surface area contributed by atoms with Crippen LogP contribution >= 0.6 is 0 Å². The van der Waals surface area contributed by atoms with E-state index in [-0.39, 0.29) is 0 Å². The molecule has 1 aliphatic heterocycles. The maximum absolute atomic E-state index is 12.0. The first kappa shape index (κ1) is 9.55. The third-order valence-corrected chi connectivity index (χ3v) is 2.87. The Kier molecular flexibility index (Phi) is 1.72. The summed E-state index contributed by atoms with van der Waals surface area (Å²) in [5, 5.41) is 13.1. The molecular weight excluding hydrogens is 178 g/mol. The number of hydrogen-bond donors (Lipinski definition) is 0. The number of aromatic nitrogens is 2.